The molecule has 0 saturated heterocycles. The van der Waals surface area contributed by atoms with E-state index in [4.69, 9.17) is 0 Å². The van der Waals surface area contributed by atoms with Gasteiger partial charge in [-0.05, 0) is 42.6 Å². The summed E-state index contributed by atoms with van der Waals surface area (Å²) in [4.78, 5) is 0. The van der Waals surface area contributed by atoms with Crippen molar-refractivity contribution in [2.75, 3.05) is 0 Å². The highest BCUT2D eigenvalue weighted by atomic mass is 32.1. The Morgan fingerprint density at radius 3 is 2.91 bits per heavy atom. The first-order valence-electron chi connectivity index (χ1n) is 3.59. The predicted molar refractivity (Wildman–Crippen MR) is 49.1 cm³/mol. The maximum Gasteiger partial charge on any atom is 0.0552 e. The van der Waals surface area contributed by atoms with Crippen molar-refractivity contribution >= 4 is 21.6 Å². The molecule has 0 aliphatic heterocycles. The number of rotatable bonds is 0. The molecule has 2 aromatic rings. The lowest BCUT2D eigenvalue weighted by molar-refractivity contribution is 1.38. The van der Waals surface area contributed by atoms with Crippen molar-refractivity contribution in [2.45, 2.75) is 13.8 Å². The predicted octanol–water partition coefficient (Wildman–Crippen LogP) is 2.91. The molecule has 0 unspecified atom stereocenters. The second-order valence-corrected chi connectivity index (χ2v) is 3.58. The Morgan fingerprint density at radius 1 is 1.27 bits per heavy atom. The average Bonchev–Trinajstić information content (AvgIpc) is 2.45. The van der Waals surface area contributed by atoms with Gasteiger partial charge < -0.3 is 0 Å². The zero-order valence-corrected chi connectivity index (χ0v) is 7.40. The largest absolute Gasteiger partial charge is 0.200 e. The molecule has 0 fully saturated rings. The molecule has 0 aliphatic rings. The Labute approximate surface area is 69.8 Å². The first kappa shape index (κ1) is 6.80. The molecule has 0 atom stereocenters. The Morgan fingerprint density at radius 2 is 2.09 bits per heavy atom. The molecule has 0 bridgehead atoms. The first-order valence-corrected chi connectivity index (χ1v) is 4.37. The van der Waals surface area contributed by atoms with Crippen molar-refractivity contribution in [3.05, 3.63) is 29.5 Å². The van der Waals surface area contributed by atoms with Crippen LogP contribution < -0.4 is 0 Å². The van der Waals surface area contributed by atoms with Gasteiger partial charge in [0.05, 0.1) is 4.70 Å². The lowest BCUT2D eigenvalue weighted by Crippen LogP contribution is -1.78. The number of aryl methyl sites for hydroxylation is 2. The van der Waals surface area contributed by atoms with Gasteiger partial charge in [0.25, 0.3) is 0 Å². The molecule has 0 N–H and O–H groups in total. The summed E-state index contributed by atoms with van der Waals surface area (Å²) < 4.78 is 5.43. The van der Waals surface area contributed by atoms with Gasteiger partial charge >= 0.3 is 0 Å². The minimum Gasteiger partial charge on any atom is -0.200 e. The molecule has 0 saturated carbocycles. The summed E-state index contributed by atoms with van der Waals surface area (Å²) in [6.07, 6.45) is 1.95. The molecule has 1 aromatic carbocycles. The zero-order chi connectivity index (χ0) is 7.84. The second kappa shape index (κ2) is 2.31. The van der Waals surface area contributed by atoms with E-state index < -0.39 is 0 Å². The molecule has 0 amide bonds. The highest BCUT2D eigenvalue weighted by Gasteiger charge is 2.00. The highest BCUT2D eigenvalue weighted by Crippen LogP contribution is 2.23. The molecule has 1 heterocycles. The number of benzene rings is 1. The molecular formula is C9H9NS. The number of fused-ring (bicyclic) bond motifs is 1. The van der Waals surface area contributed by atoms with E-state index in [0.717, 1.165) is 0 Å². The fourth-order valence-electron chi connectivity index (χ4n) is 1.19. The van der Waals surface area contributed by atoms with Crippen LogP contribution in [0.5, 0.6) is 0 Å². The summed E-state index contributed by atoms with van der Waals surface area (Å²) in [6.45, 7) is 4.28. The Balaban J connectivity index is 2.93. The zero-order valence-electron chi connectivity index (χ0n) is 6.59. The molecule has 0 radical (unpaired) electrons. The van der Waals surface area contributed by atoms with Gasteiger partial charge in [0.2, 0.25) is 0 Å². The van der Waals surface area contributed by atoms with Crippen LogP contribution in [0.3, 0.4) is 0 Å². The molecular weight excluding hydrogens is 154 g/mol. The summed E-state index contributed by atoms with van der Waals surface area (Å²) >= 11 is 1.56. The number of hydrogen-bond donors (Lipinski definition) is 0. The van der Waals surface area contributed by atoms with Gasteiger partial charge in [-0.1, -0.05) is 6.07 Å². The fraction of sp³-hybridized carbons (Fsp3) is 0.222. The van der Waals surface area contributed by atoms with Gasteiger partial charge in [0, 0.05) is 11.6 Å². The number of hydrogen-bond acceptors (Lipinski definition) is 2. The molecule has 1 nitrogen and oxygen atoms in total. The van der Waals surface area contributed by atoms with Gasteiger partial charge in [-0.3, -0.25) is 0 Å². The SMILES string of the molecule is Cc1ccc2sncc2c1C. The molecule has 11 heavy (non-hydrogen) atoms. The summed E-state index contributed by atoms with van der Waals surface area (Å²) in [5.41, 5.74) is 2.70. The van der Waals surface area contributed by atoms with E-state index in [1.165, 1.54) is 21.2 Å². The maximum atomic E-state index is 4.14. The monoisotopic (exact) mass is 163 g/mol. The molecule has 2 rings (SSSR count). The van der Waals surface area contributed by atoms with Gasteiger partial charge in [-0.2, -0.15) is 4.37 Å². The van der Waals surface area contributed by atoms with Crippen LogP contribution in [-0.2, 0) is 0 Å². The van der Waals surface area contributed by atoms with Crippen LogP contribution in [0.2, 0.25) is 0 Å². The molecule has 1 aromatic heterocycles. The molecule has 0 spiro atoms. The van der Waals surface area contributed by atoms with E-state index in [1.807, 2.05) is 6.20 Å². The van der Waals surface area contributed by atoms with Crippen molar-refractivity contribution in [1.82, 2.24) is 4.37 Å². The van der Waals surface area contributed by atoms with Crippen molar-refractivity contribution in [1.29, 1.82) is 0 Å². The third-order valence-electron chi connectivity index (χ3n) is 2.08. The maximum absolute atomic E-state index is 4.14. The lowest BCUT2D eigenvalue weighted by Gasteiger charge is -1.98. The Hall–Kier alpha value is -0.890. The Bertz CT molecular complexity index is 389. The van der Waals surface area contributed by atoms with Crippen molar-refractivity contribution in [3.8, 4) is 0 Å². The molecule has 2 heteroatoms. The quantitative estimate of drug-likeness (QED) is 0.582. The normalized spacial score (nSPS) is 10.7. The van der Waals surface area contributed by atoms with Gasteiger partial charge in [-0.25, -0.2) is 0 Å². The van der Waals surface area contributed by atoms with Crippen molar-refractivity contribution in [3.63, 3.8) is 0 Å². The highest BCUT2D eigenvalue weighted by molar-refractivity contribution is 7.13. The smallest absolute Gasteiger partial charge is 0.0552 e. The van der Waals surface area contributed by atoms with E-state index in [9.17, 15) is 0 Å². The molecule has 56 valence electrons. The second-order valence-electron chi connectivity index (χ2n) is 2.75. The van der Waals surface area contributed by atoms with Crippen LogP contribution >= 0.6 is 11.5 Å². The van der Waals surface area contributed by atoms with Crippen LogP contribution in [0.15, 0.2) is 18.3 Å². The lowest BCUT2D eigenvalue weighted by atomic mass is 10.1. The minimum absolute atomic E-state index is 1.29. The van der Waals surface area contributed by atoms with E-state index in [0.29, 0.717) is 0 Å². The topological polar surface area (TPSA) is 12.9 Å². The van der Waals surface area contributed by atoms with Crippen molar-refractivity contribution < 1.29 is 0 Å². The van der Waals surface area contributed by atoms with Gasteiger partial charge in [0.1, 0.15) is 0 Å². The summed E-state index contributed by atoms with van der Waals surface area (Å²) in [5.74, 6) is 0. The number of nitrogens with zero attached hydrogens (tertiary/aromatic N) is 1. The van der Waals surface area contributed by atoms with E-state index in [-0.39, 0.29) is 0 Å². The summed E-state index contributed by atoms with van der Waals surface area (Å²) in [6, 6.07) is 4.28. The van der Waals surface area contributed by atoms with Crippen LogP contribution in [0.1, 0.15) is 11.1 Å². The average molecular weight is 163 g/mol. The van der Waals surface area contributed by atoms with Crippen molar-refractivity contribution in [2.24, 2.45) is 0 Å². The summed E-state index contributed by atoms with van der Waals surface area (Å²) in [5, 5.41) is 1.30. The van der Waals surface area contributed by atoms with E-state index >= 15 is 0 Å². The fourth-order valence-corrected chi connectivity index (χ4v) is 1.89. The van der Waals surface area contributed by atoms with Crippen LogP contribution in [0, 0.1) is 13.8 Å². The third-order valence-corrected chi connectivity index (χ3v) is 2.84. The number of aromatic nitrogens is 1. The molecule has 0 aliphatic carbocycles. The van der Waals surface area contributed by atoms with E-state index in [1.54, 1.807) is 11.5 Å². The third kappa shape index (κ3) is 0.942. The summed E-state index contributed by atoms with van der Waals surface area (Å²) in [7, 11) is 0. The van der Waals surface area contributed by atoms with Crippen LogP contribution in [0.25, 0.3) is 10.1 Å². The standard InChI is InChI=1S/C9H9NS/c1-6-3-4-9-8(7(6)2)5-10-11-9/h3-5H,1-2H3. The van der Waals surface area contributed by atoms with Crippen LogP contribution in [-0.4, -0.2) is 4.37 Å². The van der Waals surface area contributed by atoms with Crippen LogP contribution in [0.4, 0.5) is 0 Å². The van der Waals surface area contributed by atoms with Gasteiger partial charge in [-0.15, -0.1) is 0 Å². The first-order chi connectivity index (χ1) is 5.29. The Kier molecular flexibility index (Phi) is 1.43. The minimum atomic E-state index is 1.29. The van der Waals surface area contributed by atoms with E-state index in [2.05, 4.69) is 30.4 Å². The van der Waals surface area contributed by atoms with Gasteiger partial charge in [0.15, 0.2) is 0 Å².